The molecule has 156 valence electrons. The summed E-state index contributed by atoms with van der Waals surface area (Å²) in [7, 11) is 1.93. The fourth-order valence-electron chi connectivity index (χ4n) is 5.11. The molecule has 5 heteroatoms. The fraction of sp³-hybridized carbons (Fsp3) is 0.440. The van der Waals surface area contributed by atoms with Gasteiger partial charge in [-0.1, -0.05) is 29.3 Å². The van der Waals surface area contributed by atoms with E-state index in [9.17, 15) is 10.1 Å². The molecule has 1 amide bonds. The van der Waals surface area contributed by atoms with E-state index in [1.54, 1.807) is 0 Å². The molecule has 0 radical (unpaired) electrons. The van der Waals surface area contributed by atoms with Crippen LogP contribution in [0, 0.1) is 18.3 Å². The summed E-state index contributed by atoms with van der Waals surface area (Å²) in [6, 6.07) is 15.0. The molecule has 2 aromatic rings. The number of hydrogen-bond acceptors (Lipinski definition) is 3. The van der Waals surface area contributed by atoms with Crippen LogP contribution in [-0.2, 0) is 6.42 Å². The van der Waals surface area contributed by atoms with E-state index in [0.29, 0.717) is 22.7 Å². The zero-order valence-corrected chi connectivity index (χ0v) is 18.6. The van der Waals surface area contributed by atoms with E-state index >= 15 is 0 Å². The lowest BCUT2D eigenvalue weighted by Gasteiger charge is -2.41. The minimum absolute atomic E-state index is 0.106. The molecular weight excluding hydrogens is 394 g/mol. The normalized spacial score (nSPS) is 23.0. The highest BCUT2D eigenvalue weighted by Crippen LogP contribution is 2.42. The topological polar surface area (TPSA) is 47.3 Å². The second kappa shape index (κ2) is 8.32. The SMILES string of the molecule is Cc1ccc(C(=O)N(C)C2CCC(N3c4ccc(C#N)c(Cl)c4C[C@@H]3C)CC2)cc1. The standard InChI is InChI=1S/C25H28ClN3O/c1-16-4-6-18(7-5-16)25(30)28(3)20-9-11-21(12-10-20)29-17(2)14-22-23(29)13-8-19(15-27)24(22)26/h4-8,13,17,20-21H,9-12,14H2,1-3H3/t17-,20?,21?/m0/s1. The van der Waals surface area contributed by atoms with E-state index in [2.05, 4.69) is 24.0 Å². The molecule has 0 unspecified atom stereocenters. The van der Waals surface area contributed by atoms with Crippen molar-refractivity contribution < 1.29 is 4.79 Å². The molecule has 0 bridgehead atoms. The molecule has 1 saturated carbocycles. The molecule has 1 fully saturated rings. The summed E-state index contributed by atoms with van der Waals surface area (Å²) in [5, 5.41) is 9.88. The van der Waals surface area contributed by atoms with Gasteiger partial charge < -0.3 is 9.80 Å². The van der Waals surface area contributed by atoms with Gasteiger partial charge in [0.2, 0.25) is 0 Å². The molecular formula is C25H28ClN3O. The van der Waals surface area contributed by atoms with E-state index in [1.807, 2.05) is 49.2 Å². The minimum atomic E-state index is 0.106. The summed E-state index contributed by atoms with van der Waals surface area (Å²) in [4.78, 5) is 17.3. The Morgan fingerprint density at radius 3 is 2.43 bits per heavy atom. The van der Waals surface area contributed by atoms with Crippen molar-refractivity contribution in [2.45, 2.75) is 64.1 Å². The fourth-order valence-corrected chi connectivity index (χ4v) is 5.39. The first-order valence-corrected chi connectivity index (χ1v) is 11.1. The van der Waals surface area contributed by atoms with Crippen LogP contribution in [0.15, 0.2) is 36.4 Å². The number of benzene rings is 2. The van der Waals surface area contributed by atoms with Crippen molar-refractivity contribution in [2.75, 3.05) is 11.9 Å². The highest BCUT2D eigenvalue weighted by atomic mass is 35.5. The molecule has 4 nitrogen and oxygen atoms in total. The van der Waals surface area contributed by atoms with E-state index in [1.165, 1.54) is 5.69 Å². The van der Waals surface area contributed by atoms with Gasteiger partial charge in [0.05, 0.1) is 10.6 Å². The number of nitriles is 1. The summed E-state index contributed by atoms with van der Waals surface area (Å²) < 4.78 is 0. The second-order valence-corrected chi connectivity index (χ2v) is 9.12. The van der Waals surface area contributed by atoms with Crippen molar-refractivity contribution in [1.29, 1.82) is 5.26 Å². The number of halogens is 1. The lowest BCUT2D eigenvalue weighted by molar-refractivity contribution is 0.0688. The van der Waals surface area contributed by atoms with Crippen LogP contribution in [0.5, 0.6) is 0 Å². The first kappa shape index (κ1) is 20.8. The third-order valence-corrected chi connectivity index (χ3v) is 7.25. The van der Waals surface area contributed by atoms with Crippen LogP contribution < -0.4 is 4.90 Å². The summed E-state index contributed by atoms with van der Waals surface area (Å²) in [6.45, 7) is 4.27. The smallest absolute Gasteiger partial charge is 0.253 e. The Balaban J connectivity index is 1.44. The summed E-state index contributed by atoms with van der Waals surface area (Å²) >= 11 is 6.50. The van der Waals surface area contributed by atoms with Crippen LogP contribution in [0.2, 0.25) is 5.02 Å². The van der Waals surface area contributed by atoms with Crippen molar-refractivity contribution >= 4 is 23.2 Å². The number of amides is 1. The Hall–Kier alpha value is -2.51. The molecule has 0 saturated heterocycles. The van der Waals surface area contributed by atoms with Crippen molar-refractivity contribution in [3.8, 4) is 6.07 Å². The van der Waals surface area contributed by atoms with Crippen LogP contribution in [0.3, 0.4) is 0 Å². The van der Waals surface area contributed by atoms with Gasteiger partial charge in [-0.05, 0) is 75.8 Å². The quantitative estimate of drug-likeness (QED) is 0.670. The molecule has 0 aromatic heterocycles. The molecule has 2 aliphatic rings. The maximum absolute atomic E-state index is 12.9. The van der Waals surface area contributed by atoms with Gasteiger partial charge >= 0.3 is 0 Å². The van der Waals surface area contributed by atoms with Crippen LogP contribution >= 0.6 is 11.6 Å². The van der Waals surface area contributed by atoms with E-state index < -0.39 is 0 Å². The van der Waals surface area contributed by atoms with Gasteiger partial charge in [-0.2, -0.15) is 5.26 Å². The molecule has 1 atom stereocenters. The average Bonchev–Trinajstić information content (AvgIpc) is 3.10. The molecule has 30 heavy (non-hydrogen) atoms. The van der Waals surface area contributed by atoms with Crippen molar-refractivity contribution in [1.82, 2.24) is 4.90 Å². The number of carbonyl (C=O) groups excluding carboxylic acids is 1. The zero-order valence-electron chi connectivity index (χ0n) is 17.9. The van der Waals surface area contributed by atoms with Crippen LogP contribution in [-0.4, -0.2) is 36.0 Å². The monoisotopic (exact) mass is 421 g/mol. The van der Waals surface area contributed by atoms with Gasteiger partial charge in [0, 0.05) is 36.4 Å². The maximum atomic E-state index is 12.9. The largest absolute Gasteiger partial charge is 0.365 e. The molecule has 2 aromatic carbocycles. The Bertz CT molecular complexity index is 987. The Morgan fingerprint density at radius 1 is 1.13 bits per heavy atom. The Morgan fingerprint density at radius 2 is 1.80 bits per heavy atom. The lowest BCUT2D eigenvalue weighted by Crippen LogP contribution is -2.46. The third kappa shape index (κ3) is 3.68. The summed E-state index contributed by atoms with van der Waals surface area (Å²) in [5.74, 6) is 0.106. The molecule has 1 heterocycles. The van der Waals surface area contributed by atoms with Gasteiger partial charge in [0.15, 0.2) is 0 Å². The highest BCUT2D eigenvalue weighted by Gasteiger charge is 2.36. The van der Waals surface area contributed by atoms with Crippen molar-refractivity contribution in [3.63, 3.8) is 0 Å². The van der Waals surface area contributed by atoms with Gasteiger partial charge in [0.1, 0.15) is 6.07 Å². The number of fused-ring (bicyclic) bond motifs is 1. The number of hydrogen-bond donors (Lipinski definition) is 0. The van der Waals surface area contributed by atoms with Crippen LogP contribution in [0.4, 0.5) is 5.69 Å². The summed E-state index contributed by atoms with van der Waals surface area (Å²) in [5.41, 5.74) is 4.77. The number of anilines is 1. The maximum Gasteiger partial charge on any atom is 0.253 e. The van der Waals surface area contributed by atoms with Crippen molar-refractivity contribution in [2.24, 2.45) is 0 Å². The van der Waals surface area contributed by atoms with E-state index in [4.69, 9.17) is 11.6 Å². The predicted octanol–water partition coefficient (Wildman–Crippen LogP) is 5.35. The Kier molecular flexibility index (Phi) is 5.75. The average molecular weight is 422 g/mol. The minimum Gasteiger partial charge on any atom is -0.365 e. The first-order chi connectivity index (χ1) is 14.4. The highest BCUT2D eigenvalue weighted by molar-refractivity contribution is 6.33. The van der Waals surface area contributed by atoms with Crippen molar-refractivity contribution in [3.05, 3.63) is 63.7 Å². The van der Waals surface area contributed by atoms with E-state index in [0.717, 1.165) is 48.8 Å². The van der Waals surface area contributed by atoms with Crippen LogP contribution in [0.1, 0.15) is 59.7 Å². The molecule has 0 spiro atoms. The second-order valence-electron chi connectivity index (χ2n) is 8.74. The molecule has 1 aliphatic heterocycles. The number of rotatable bonds is 3. The van der Waals surface area contributed by atoms with Gasteiger partial charge in [-0.15, -0.1) is 0 Å². The molecule has 4 rings (SSSR count). The van der Waals surface area contributed by atoms with Gasteiger partial charge in [0.25, 0.3) is 5.91 Å². The van der Waals surface area contributed by atoms with Gasteiger partial charge in [-0.25, -0.2) is 0 Å². The van der Waals surface area contributed by atoms with Gasteiger partial charge in [-0.3, -0.25) is 4.79 Å². The number of aryl methyl sites for hydroxylation is 1. The number of nitrogens with zero attached hydrogens (tertiary/aromatic N) is 3. The predicted molar refractivity (Wildman–Crippen MR) is 121 cm³/mol. The first-order valence-electron chi connectivity index (χ1n) is 10.7. The lowest BCUT2D eigenvalue weighted by atomic mass is 9.88. The zero-order chi connectivity index (χ0) is 21.4. The molecule has 1 aliphatic carbocycles. The number of carbonyl (C=O) groups is 1. The Labute approximate surface area is 184 Å². The summed E-state index contributed by atoms with van der Waals surface area (Å²) in [6.07, 6.45) is 4.99. The van der Waals surface area contributed by atoms with Crippen LogP contribution in [0.25, 0.3) is 0 Å². The van der Waals surface area contributed by atoms with E-state index in [-0.39, 0.29) is 11.9 Å². The molecule has 0 N–H and O–H groups in total. The third-order valence-electron chi connectivity index (χ3n) is 6.82.